The summed E-state index contributed by atoms with van der Waals surface area (Å²) in [6.45, 7) is 4.94. The third-order valence-electron chi connectivity index (χ3n) is 8.25. The topological polar surface area (TPSA) is 61.6 Å². The minimum atomic E-state index is -0.248. The van der Waals surface area contributed by atoms with E-state index in [1.165, 1.54) is 12.8 Å². The van der Waals surface area contributed by atoms with Gasteiger partial charge in [0.1, 0.15) is 5.82 Å². The van der Waals surface area contributed by atoms with Crippen molar-refractivity contribution >= 4 is 28.2 Å². The number of rotatable bonds is 5. The van der Waals surface area contributed by atoms with Gasteiger partial charge in [0.05, 0.1) is 17.5 Å². The molecule has 0 amide bonds. The number of halogens is 1. The fourth-order valence-corrected chi connectivity index (χ4v) is 6.18. The van der Waals surface area contributed by atoms with E-state index in [-0.39, 0.29) is 17.6 Å². The molecule has 6 nitrogen and oxygen atoms in total. The molecule has 1 aromatic heterocycles. The Bertz CT molecular complexity index is 1270. The van der Waals surface area contributed by atoms with Crippen molar-refractivity contribution in [3.8, 4) is 11.4 Å². The Morgan fingerprint density at radius 3 is 2.59 bits per heavy atom. The number of aliphatic hydroxyl groups excluding tert-OH is 1. The van der Waals surface area contributed by atoms with Crippen molar-refractivity contribution in [3.05, 3.63) is 57.8 Å². The molecule has 7 rings (SSSR count). The molecule has 7 heteroatoms. The number of piperidine rings is 1. The van der Waals surface area contributed by atoms with Gasteiger partial charge >= 0.3 is 0 Å². The number of hydrogen-bond acceptors (Lipinski definition) is 5. The van der Waals surface area contributed by atoms with E-state index >= 15 is 0 Å². The van der Waals surface area contributed by atoms with Crippen LogP contribution in [0.2, 0.25) is 5.02 Å². The summed E-state index contributed by atoms with van der Waals surface area (Å²) in [5.41, 5.74) is 2.35. The standard InChI is InChI=1S/C27H31ClN4O2/c28-20-4-1-3-19(15-20)25-29-24-6-5-22(31-14-13-30-11-7-21(31)8-12-30)16-23(24)26(34)32(25)17-27(18-33)9-2-10-27/h1,3-6,15-16,21,33H,2,7-14,17-18H2. The third-order valence-corrected chi connectivity index (χ3v) is 8.49. The molecule has 0 spiro atoms. The number of fused-ring (bicyclic) bond motifs is 5. The molecule has 3 aromatic rings. The quantitative estimate of drug-likeness (QED) is 0.596. The van der Waals surface area contributed by atoms with E-state index < -0.39 is 0 Å². The number of hydrogen-bond donors (Lipinski definition) is 1. The van der Waals surface area contributed by atoms with Crippen LogP contribution in [-0.4, -0.2) is 58.4 Å². The van der Waals surface area contributed by atoms with Crippen LogP contribution < -0.4 is 10.5 Å². The first-order chi connectivity index (χ1) is 16.5. The third kappa shape index (κ3) is 3.82. The molecule has 3 aliphatic heterocycles. The highest BCUT2D eigenvalue weighted by molar-refractivity contribution is 6.30. The lowest BCUT2D eigenvalue weighted by atomic mass is 9.69. The first-order valence-corrected chi connectivity index (χ1v) is 12.8. The maximum Gasteiger partial charge on any atom is 0.261 e. The van der Waals surface area contributed by atoms with E-state index in [0.717, 1.165) is 56.7 Å². The molecule has 4 heterocycles. The van der Waals surface area contributed by atoms with Crippen molar-refractivity contribution in [3.63, 3.8) is 0 Å². The van der Waals surface area contributed by atoms with Crippen molar-refractivity contribution in [2.24, 2.45) is 5.41 Å². The zero-order valence-electron chi connectivity index (χ0n) is 19.4. The lowest BCUT2D eigenvalue weighted by Gasteiger charge is -2.41. The maximum atomic E-state index is 14.0. The summed E-state index contributed by atoms with van der Waals surface area (Å²) in [4.78, 5) is 24.0. The normalized spacial score (nSPS) is 23.6. The molecule has 1 N–H and O–H groups in total. The predicted molar refractivity (Wildman–Crippen MR) is 137 cm³/mol. The lowest BCUT2D eigenvalue weighted by molar-refractivity contribution is 0.0270. The van der Waals surface area contributed by atoms with Gasteiger partial charge in [-0.25, -0.2) is 4.98 Å². The highest BCUT2D eigenvalue weighted by Crippen LogP contribution is 2.42. The number of aliphatic hydroxyl groups is 1. The van der Waals surface area contributed by atoms with Crippen LogP contribution in [0.25, 0.3) is 22.3 Å². The highest BCUT2D eigenvalue weighted by atomic mass is 35.5. The van der Waals surface area contributed by atoms with Gasteiger partial charge < -0.3 is 14.9 Å². The Hall–Kier alpha value is -2.41. The van der Waals surface area contributed by atoms with E-state index in [2.05, 4.69) is 15.9 Å². The van der Waals surface area contributed by atoms with Crippen LogP contribution >= 0.6 is 11.6 Å². The summed E-state index contributed by atoms with van der Waals surface area (Å²) in [7, 11) is 0. The van der Waals surface area contributed by atoms with Crippen molar-refractivity contribution in [1.82, 2.24) is 14.5 Å². The highest BCUT2D eigenvalue weighted by Gasteiger charge is 2.38. The molecule has 4 fully saturated rings. The first kappa shape index (κ1) is 22.1. The van der Waals surface area contributed by atoms with Gasteiger partial charge in [-0.05, 0) is 56.0 Å². The van der Waals surface area contributed by atoms with Crippen LogP contribution in [0.5, 0.6) is 0 Å². The van der Waals surface area contributed by atoms with Gasteiger partial charge in [-0.2, -0.15) is 0 Å². The molecule has 1 saturated carbocycles. The van der Waals surface area contributed by atoms with Crippen molar-refractivity contribution in [2.45, 2.75) is 44.7 Å². The first-order valence-electron chi connectivity index (χ1n) is 12.5. The zero-order chi connectivity index (χ0) is 23.3. The number of aromatic nitrogens is 2. The van der Waals surface area contributed by atoms with Crippen LogP contribution in [-0.2, 0) is 6.54 Å². The van der Waals surface area contributed by atoms with Crippen molar-refractivity contribution < 1.29 is 5.11 Å². The fourth-order valence-electron chi connectivity index (χ4n) is 5.99. The Kier molecular flexibility index (Phi) is 5.63. The summed E-state index contributed by atoms with van der Waals surface area (Å²) in [5.74, 6) is 0.619. The number of benzene rings is 2. The lowest BCUT2D eigenvalue weighted by Crippen LogP contribution is -2.41. The molecule has 178 valence electrons. The maximum absolute atomic E-state index is 14.0. The van der Waals surface area contributed by atoms with Gasteiger partial charge in [-0.15, -0.1) is 0 Å². The van der Waals surface area contributed by atoms with Gasteiger partial charge in [0, 0.05) is 60.5 Å². The molecule has 0 atom stereocenters. The van der Waals surface area contributed by atoms with Crippen LogP contribution in [0.4, 0.5) is 5.69 Å². The van der Waals surface area contributed by atoms with Gasteiger partial charge in [0.25, 0.3) is 5.56 Å². The fraction of sp³-hybridized carbons (Fsp3) is 0.481. The monoisotopic (exact) mass is 478 g/mol. The van der Waals surface area contributed by atoms with Gasteiger partial charge in [0.15, 0.2) is 0 Å². The molecule has 2 bridgehead atoms. The summed E-state index contributed by atoms with van der Waals surface area (Å²) >= 11 is 6.29. The Morgan fingerprint density at radius 2 is 1.88 bits per heavy atom. The van der Waals surface area contributed by atoms with Crippen LogP contribution in [0.1, 0.15) is 32.1 Å². The van der Waals surface area contributed by atoms with E-state index in [9.17, 15) is 9.90 Å². The summed E-state index contributed by atoms with van der Waals surface area (Å²) in [5, 5.41) is 11.4. The average Bonchev–Trinajstić information content (AvgIpc) is 3.16. The number of nitrogens with zero attached hydrogens (tertiary/aromatic N) is 4. The van der Waals surface area contributed by atoms with Crippen molar-refractivity contribution in [2.75, 3.05) is 37.7 Å². The van der Waals surface area contributed by atoms with Crippen LogP contribution in [0, 0.1) is 5.41 Å². The van der Waals surface area contributed by atoms with Gasteiger partial charge in [-0.1, -0.05) is 30.2 Å². The molecule has 2 aromatic carbocycles. The van der Waals surface area contributed by atoms with Crippen LogP contribution in [0.3, 0.4) is 0 Å². The molecule has 3 saturated heterocycles. The average molecular weight is 479 g/mol. The molecule has 1 aliphatic carbocycles. The smallest absolute Gasteiger partial charge is 0.261 e. The molecular weight excluding hydrogens is 448 g/mol. The molecule has 0 unspecified atom stereocenters. The van der Waals surface area contributed by atoms with Crippen molar-refractivity contribution in [1.29, 1.82) is 0 Å². The minimum absolute atomic E-state index is 0.0376. The second-order valence-corrected chi connectivity index (χ2v) is 10.8. The largest absolute Gasteiger partial charge is 0.396 e. The summed E-state index contributed by atoms with van der Waals surface area (Å²) in [6, 6.07) is 14.2. The van der Waals surface area contributed by atoms with Gasteiger partial charge in [-0.3, -0.25) is 9.36 Å². The Balaban J connectivity index is 1.49. The molecule has 4 aliphatic rings. The van der Waals surface area contributed by atoms with Crippen LogP contribution in [0.15, 0.2) is 47.3 Å². The second kappa shape index (κ2) is 8.67. The summed E-state index contributed by atoms with van der Waals surface area (Å²) in [6.07, 6.45) is 5.28. The van der Waals surface area contributed by atoms with E-state index in [1.807, 2.05) is 36.4 Å². The van der Waals surface area contributed by atoms with E-state index in [1.54, 1.807) is 4.57 Å². The molecule has 0 radical (unpaired) electrons. The second-order valence-electron chi connectivity index (χ2n) is 10.3. The summed E-state index contributed by atoms with van der Waals surface area (Å²) < 4.78 is 1.78. The van der Waals surface area contributed by atoms with Gasteiger partial charge in [0.2, 0.25) is 0 Å². The Morgan fingerprint density at radius 1 is 1.06 bits per heavy atom. The Labute approximate surface area is 204 Å². The number of anilines is 1. The zero-order valence-corrected chi connectivity index (χ0v) is 20.2. The minimum Gasteiger partial charge on any atom is -0.396 e. The van der Waals surface area contributed by atoms with E-state index in [4.69, 9.17) is 16.6 Å². The molecule has 34 heavy (non-hydrogen) atoms. The predicted octanol–water partition coefficient (Wildman–Crippen LogP) is 4.16. The molecular formula is C27H31ClN4O2. The SMILES string of the molecule is O=c1c2cc(N3CCN4CCC3CC4)ccc2nc(-c2cccc(Cl)c2)n1CC1(CO)CCC1. The van der Waals surface area contributed by atoms with E-state index in [0.29, 0.717) is 34.3 Å².